The summed E-state index contributed by atoms with van der Waals surface area (Å²) in [6.45, 7) is 6.85. The van der Waals surface area contributed by atoms with E-state index in [-0.39, 0.29) is 5.97 Å². The number of nitrogens with one attached hydrogen (secondary N) is 1. The van der Waals surface area contributed by atoms with Crippen molar-refractivity contribution in [3.63, 3.8) is 0 Å². The Labute approximate surface area is 121 Å². The zero-order valence-corrected chi connectivity index (χ0v) is 12.7. The van der Waals surface area contributed by atoms with Crippen molar-refractivity contribution in [3.05, 3.63) is 29.8 Å². The highest BCUT2D eigenvalue weighted by molar-refractivity contribution is 5.90. The fourth-order valence-electron chi connectivity index (χ4n) is 2.90. The number of hydrogen-bond acceptors (Lipinski definition) is 3. The van der Waals surface area contributed by atoms with Crippen molar-refractivity contribution in [1.82, 2.24) is 0 Å². The van der Waals surface area contributed by atoms with E-state index in [2.05, 4.69) is 19.2 Å². The summed E-state index contributed by atoms with van der Waals surface area (Å²) in [4.78, 5) is 11.8. The van der Waals surface area contributed by atoms with Gasteiger partial charge in [0.25, 0.3) is 0 Å². The average molecular weight is 275 g/mol. The van der Waals surface area contributed by atoms with Crippen molar-refractivity contribution in [2.45, 2.75) is 46.1 Å². The van der Waals surface area contributed by atoms with Crippen molar-refractivity contribution < 1.29 is 9.53 Å². The third-order valence-electron chi connectivity index (χ3n) is 4.18. The fourth-order valence-corrected chi connectivity index (χ4v) is 2.90. The topological polar surface area (TPSA) is 38.3 Å². The molecule has 0 bridgehead atoms. The number of hydrogen-bond donors (Lipinski definition) is 1. The molecule has 0 aromatic heterocycles. The summed E-state index contributed by atoms with van der Waals surface area (Å²) in [6.07, 6.45) is 3.80. The predicted octanol–water partition coefficient (Wildman–Crippen LogP) is 4.10. The SMILES string of the molecule is CCOC(=O)c1cccc(NC2CC(C)CCC2C)c1. The van der Waals surface area contributed by atoms with Gasteiger partial charge < -0.3 is 10.1 Å². The van der Waals surface area contributed by atoms with Crippen LogP contribution in [0.5, 0.6) is 0 Å². The van der Waals surface area contributed by atoms with E-state index >= 15 is 0 Å². The largest absolute Gasteiger partial charge is 0.462 e. The van der Waals surface area contributed by atoms with E-state index in [9.17, 15) is 4.79 Å². The zero-order chi connectivity index (χ0) is 14.5. The van der Waals surface area contributed by atoms with Crippen molar-refractivity contribution in [2.24, 2.45) is 11.8 Å². The highest BCUT2D eigenvalue weighted by atomic mass is 16.5. The van der Waals surface area contributed by atoms with Gasteiger partial charge in [0, 0.05) is 11.7 Å². The molecule has 20 heavy (non-hydrogen) atoms. The summed E-state index contributed by atoms with van der Waals surface area (Å²) in [5, 5.41) is 3.59. The van der Waals surface area contributed by atoms with E-state index in [1.165, 1.54) is 19.3 Å². The molecule has 0 spiro atoms. The Balaban J connectivity index is 2.05. The maximum absolute atomic E-state index is 11.8. The first-order valence-corrected chi connectivity index (χ1v) is 7.64. The molecule has 0 heterocycles. The number of esters is 1. The first kappa shape index (κ1) is 14.9. The Kier molecular flexibility index (Phi) is 5.05. The van der Waals surface area contributed by atoms with E-state index in [1.54, 1.807) is 6.07 Å². The molecule has 1 saturated carbocycles. The molecule has 0 amide bonds. The Hall–Kier alpha value is -1.51. The number of ether oxygens (including phenoxy) is 1. The average Bonchev–Trinajstić information content (AvgIpc) is 2.43. The molecule has 3 nitrogen and oxygen atoms in total. The molecular formula is C17H25NO2. The van der Waals surface area contributed by atoms with Crippen LogP contribution in [0.2, 0.25) is 0 Å². The van der Waals surface area contributed by atoms with Crippen LogP contribution in [-0.4, -0.2) is 18.6 Å². The first-order valence-electron chi connectivity index (χ1n) is 7.64. The highest BCUT2D eigenvalue weighted by Gasteiger charge is 2.25. The molecule has 3 atom stereocenters. The lowest BCUT2D eigenvalue weighted by Gasteiger charge is -2.34. The molecule has 1 aromatic rings. The summed E-state index contributed by atoms with van der Waals surface area (Å²) < 4.78 is 5.04. The molecule has 1 aliphatic carbocycles. The van der Waals surface area contributed by atoms with Crippen molar-refractivity contribution in [3.8, 4) is 0 Å². The third kappa shape index (κ3) is 3.75. The van der Waals surface area contributed by atoms with Crippen molar-refractivity contribution in [2.75, 3.05) is 11.9 Å². The predicted molar refractivity (Wildman–Crippen MR) is 82.0 cm³/mol. The van der Waals surface area contributed by atoms with E-state index in [4.69, 9.17) is 4.74 Å². The fraction of sp³-hybridized carbons (Fsp3) is 0.588. The zero-order valence-electron chi connectivity index (χ0n) is 12.7. The van der Waals surface area contributed by atoms with Gasteiger partial charge in [-0.25, -0.2) is 4.79 Å². The van der Waals surface area contributed by atoms with Crippen LogP contribution in [0.15, 0.2) is 24.3 Å². The Morgan fingerprint density at radius 3 is 2.90 bits per heavy atom. The second-order valence-corrected chi connectivity index (χ2v) is 5.95. The van der Waals surface area contributed by atoms with E-state index in [0.29, 0.717) is 24.1 Å². The smallest absolute Gasteiger partial charge is 0.338 e. The Morgan fingerprint density at radius 2 is 2.15 bits per heavy atom. The number of carbonyl (C=O) groups excluding carboxylic acids is 1. The molecule has 1 aromatic carbocycles. The van der Waals surface area contributed by atoms with Gasteiger partial charge in [-0.1, -0.05) is 26.3 Å². The van der Waals surface area contributed by atoms with Gasteiger partial charge in [-0.05, 0) is 49.8 Å². The maximum Gasteiger partial charge on any atom is 0.338 e. The van der Waals surface area contributed by atoms with Gasteiger partial charge in [0.1, 0.15) is 0 Å². The minimum atomic E-state index is -0.249. The third-order valence-corrected chi connectivity index (χ3v) is 4.18. The van der Waals surface area contributed by atoms with Crippen LogP contribution >= 0.6 is 0 Å². The summed E-state index contributed by atoms with van der Waals surface area (Å²) in [7, 11) is 0. The van der Waals surface area contributed by atoms with Crippen LogP contribution in [0.4, 0.5) is 5.69 Å². The molecule has 110 valence electrons. The Bertz CT molecular complexity index is 458. The standard InChI is InChI=1S/C17H25NO2/c1-4-20-17(19)14-6-5-7-15(11-14)18-16-10-12(2)8-9-13(16)3/h5-7,11-13,16,18H,4,8-10H2,1-3H3. The van der Waals surface area contributed by atoms with Crippen molar-refractivity contribution in [1.29, 1.82) is 0 Å². The van der Waals surface area contributed by atoms with Gasteiger partial charge in [-0.2, -0.15) is 0 Å². The van der Waals surface area contributed by atoms with Gasteiger partial charge in [-0.3, -0.25) is 0 Å². The van der Waals surface area contributed by atoms with Crippen LogP contribution in [0, 0.1) is 11.8 Å². The van der Waals surface area contributed by atoms with E-state index in [1.807, 2.05) is 25.1 Å². The van der Waals surface area contributed by atoms with Crippen LogP contribution < -0.4 is 5.32 Å². The van der Waals surface area contributed by atoms with Crippen LogP contribution in [0.1, 0.15) is 50.4 Å². The van der Waals surface area contributed by atoms with Crippen LogP contribution in [0.3, 0.4) is 0 Å². The maximum atomic E-state index is 11.8. The van der Waals surface area contributed by atoms with Gasteiger partial charge in [0.05, 0.1) is 12.2 Å². The second-order valence-electron chi connectivity index (χ2n) is 5.95. The van der Waals surface area contributed by atoms with Crippen LogP contribution in [-0.2, 0) is 4.74 Å². The molecule has 1 fully saturated rings. The summed E-state index contributed by atoms with van der Waals surface area (Å²) in [6, 6.07) is 8.12. The van der Waals surface area contributed by atoms with E-state index < -0.39 is 0 Å². The number of rotatable bonds is 4. The Morgan fingerprint density at radius 1 is 1.35 bits per heavy atom. The number of benzene rings is 1. The number of anilines is 1. The van der Waals surface area contributed by atoms with Gasteiger partial charge >= 0.3 is 5.97 Å². The minimum absolute atomic E-state index is 0.249. The first-order chi connectivity index (χ1) is 9.60. The summed E-state index contributed by atoms with van der Waals surface area (Å²) in [5.41, 5.74) is 1.63. The monoisotopic (exact) mass is 275 g/mol. The molecule has 2 rings (SSSR count). The van der Waals surface area contributed by atoms with E-state index in [0.717, 1.165) is 11.6 Å². The normalized spacial score (nSPS) is 26.1. The quantitative estimate of drug-likeness (QED) is 0.841. The lowest BCUT2D eigenvalue weighted by molar-refractivity contribution is 0.0526. The lowest BCUT2D eigenvalue weighted by Crippen LogP contribution is -2.33. The summed E-state index contributed by atoms with van der Waals surface area (Å²) >= 11 is 0. The summed E-state index contributed by atoms with van der Waals surface area (Å²) in [5.74, 6) is 1.20. The van der Waals surface area contributed by atoms with Crippen molar-refractivity contribution >= 4 is 11.7 Å². The molecule has 0 radical (unpaired) electrons. The highest BCUT2D eigenvalue weighted by Crippen LogP contribution is 2.30. The molecule has 3 heteroatoms. The molecule has 1 aliphatic rings. The minimum Gasteiger partial charge on any atom is -0.462 e. The molecule has 3 unspecified atom stereocenters. The molecular weight excluding hydrogens is 250 g/mol. The number of carbonyl (C=O) groups is 1. The lowest BCUT2D eigenvalue weighted by atomic mass is 9.80. The molecule has 1 N–H and O–H groups in total. The van der Waals surface area contributed by atoms with Gasteiger partial charge in [-0.15, -0.1) is 0 Å². The van der Waals surface area contributed by atoms with Crippen LogP contribution in [0.25, 0.3) is 0 Å². The molecule has 0 saturated heterocycles. The van der Waals surface area contributed by atoms with Gasteiger partial charge in [0.15, 0.2) is 0 Å². The molecule has 0 aliphatic heterocycles. The second kappa shape index (κ2) is 6.78. The van der Waals surface area contributed by atoms with Gasteiger partial charge in [0.2, 0.25) is 0 Å².